The van der Waals surface area contributed by atoms with E-state index in [9.17, 15) is 4.79 Å². The first kappa shape index (κ1) is 24.7. The molecule has 0 saturated carbocycles. The predicted octanol–water partition coefficient (Wildman–Crippen LogP) is -5.97. The summed E-state index contributed by atoms with van der Waals surface area (Å²) in [5, 5.41) is 3.65. The molecule has 0 spiro atoms. The standard InChI is InChI=1S/C16H26ClN3O.2ClH/c1-5-20(6-2)10-9-19(4)12-16(21)18-15-8-7-14(17)11-13(15)3;;/h7-8,11H,5-6,9-10,12H2,1-4H3,(H,18,21);2*1H. The van der Waals surface area contributed by atoms with Gasteiger partial charge in [0, 0.05) is 10.7 Å². The third-order valence-corrected chi connectivity index (χ3v) is 4.07. The Morgan fingerprint density at radius 2 is 1.78 bits per heavy atom. The van der Waals surface area contributed by atoms with Crippen molar-refractivity contribution < 1.29 is 39.4 Å². The normalized spacial score (nSPS) is 11.4. The van der Waals surface area contributed by atoms with E-state index in [0.717, 1.165) is 37.4 Å². The quantitative estimate of drug-likeness (QED) is 0.410. The number of hydrogen-bond acceptors (Lipinski definition) is 1. The zero-order chi connectivity index (χ0) is 15.8. The number of rotatable bonds is 8. The number of benzene rings is 1. The van der Waals surface area contributed by atoms with Crippen LogP contribution in [0, 0.1) is 6.92 Å². The summed E-state index contributed by atoms with van der Waals surface area (Å²) < 4.78 is 0. The van der Waals surface area contributed by atoms with Crippen molar-refractivity contribution in [3.8, 4) is 0 Å². The molecule has 1 unspecified atom stereocenters. The van der Waals surface area contributed by atoms with Gasteiger partial charge in [0.25, 0.3) is 5.91 Å². The molecular formula is C16H28Cl3N3O. The highest BCUT2D eigenvalue weighted by Crippen LogP contribution is 2.19. The molecule has 1 atom stereocenters. The highest BCUT2D eigenvalue weighted by molar-refractivity contribution is 6.30. The molecule has 0 heterocycles. The van der Waals surface area contributed by atoms with Crippen molar-refractivity contribution in [2.45, 2.75) is 20.8 Å². The van der Waals surface area contributed by atoms with E-state index in [1.807, 2.05) is 19.1 Å². The summed E-state index contributed by atoms with van der Waals surface area (Å²) in [6.45, 7) is 11.2. The van der Waals surface area contributed by atoms with Crippen molar-refractivity contribution in [2.75, 3.05) is 45.1 Å². The Morgan fingerprint density at radius 3 is 2.30 bits per heavy atom. The monoisotopic (exact) mass is 383 g/mol. The molecule has 0 aliphatic rings. The average Bonchev–Trinajstić information content (AvgIpc) is 2.43. The second-order valence-corrected chi connectivity index (χ2v) is 6.03. The van der Waals surface area contributed by atoms with Crippen LogP contribution in [0.4, 0.5) is 5.69 Å². The van der Waals surface area contributed by atoms with Crippen LogP contribution in [0.2, 0.25) is 5.02 Å². The minimum absolute atomic E-state index is 0. The van der Waals surface area contributed by atoms with Crippen LogP contribution in [0.1, 0.15) is 19.4 Å². The van der Waals surface area contributed by atoms with Gasteiger partial charge in [0.2, 0.25) is 0 Å². The van der Waals surface area contributed by atoms with Crippen LogP contribution in [0.5, 0.6) is 0 Å². The van der Waals surface area contributed by atoms with Gasteiger partial charge in [0.1, 0.15) is 13.1 Å². The summed E-state index contributed by atoms with van der Waals surface area (Å²) in [6.07, 6.45) is 0. The number of hydrogen-bond donors (Lipinski definition) is 3. The third-order valence-electron chi connectivity index (χ3n) is 3.83. The molecular weight excluding hydrogens is 357 g/mol. The van der Waals surface area contributed by atoms with Crippen molar-refractivity contribution in [2.24, 2.45) is 0 Å². The Labute approximate surface area is 157 Å². The molecule has 0 aliphatic carbocycles. The fourth-order valence-corrected chi connectivity index (χ4v) is 2.54. The summed E-state index contributed by atoms with van der Waals surface area (Å²) >= 11 is 5.92. The maximum absolute atomic E-state index is 12.1. The van der Waals surface area contributed by atoms with Gasteiger partial charge in [-0.05, 0) is 44.5 Å². The lowest BCUT2D eigenvalue weighted by molar-refractivity contribution is -0.943. The SMILES string of the molecule is CC[NH+](CC)CC[NH+](C)CC(=O)Nc1ccc(Cl)cc1C.[Cl-].[Cl-]. The minimum atomic E-state index is 0. The first-order valence-electron chi connectivity index (χ1n) is 7.67. The van der Waals surface area contributed by atoms with Gasteiger partial charge in [-0.15, -0.1) is 0 Å². The molecule has 0 aliphatic heterocycles. The van der Waals surface area contributed by atoms with Crippen molar-refractivity contribution in [3.63, 3.8) is 0 Å². The lowest BCUT2D eigenvalue weighted by atomic mass is 10.2. The van der Waals surface area contributed by atoms with Crippen LogP contribution in [0.25, 0.3) is 0 Å². The first-order valence-corrected chi connectivity index (χ1v) is 8.04. The van der Waals surface area contributed by atoms with Crippen molar-refractivity contribution in [1.29, 1.82) is 0 Å². The average molecular weight is 385 g/mol. The van der Waals surface area contributed by atoms with E-state index in [2.05, 4.69) is 26.2 Å². The molecule has 3 N–H and O–H groups in total. The molecule has 23 heavy (non-hydrogen) atoms. The van der Waals surface area contributed by atoms with Gasteiger partial charge in [-0.3, -0.25) is 4.79 Å². The fraction of sp³-hybridized carbons (Fsp3) is 0.562. The summed E-state index contributed by atoms with van der Waals surface area (Å²) in [6, 6.07) is 5.51. The molecule has 134 valence electrons. The molecule has 1 rings (SSSR count). The molecule has 7 heteroatoms. The van der Waals surface area contributed by atoms with E-state index < -0.39 is 0 Å². The molecule has 4 nitrogen and oxygen atoms in total. The van der Waals surface area contributed by atoms with Gasteiger partial charge >= 0.3 is 0 Å². The van der Waals surface area contributed by atoms with Gasteiger partial charge in [-0.1, -0.05) is 11.6 Å². The van der Waals surface area contributed by atoms with E-state index in [4.69, 9.17) is 11.6 Å². The highest BCUT2D eigenvalue weighted by Gasteiger charge is 2.13. The number of amides is 1. The predicted molar refractivity (Wildman–Crippen MR) is 88.4 cm³/mol. The van der Waals surface area contributed by atoms with Gasteiger partial charge < -0.3 is 39.9 Å². The second kappa shape index (κ2) is 12.8. The summed E-state index contributed by atoms with van der Waals surface area (Å²) in [5.41, 5.74) is 1.83. The molecule has 0 radical (unpaired) electrons. The summed E-state index contributed by atoms with van der Waals surface area (Å²) in [5.74, 6) is 0.0486. The van der Waals surface area contributed by atoms with Crippen LogP contribution in [-0.4, -0.2) is 45.7 Å². The molecule has 1 aromatic rings. The number of aryl methyl sites for hydroxylation is 1. The number of carbonyl (C=O) groups is 1. The molecule has 1 aromatic carbocycles. The van der Waals surface area contributed by atoms with E-state index in [1.165, 1.54) is 4.90 Å². The van der Waals surface area contributed by atoms with Gasteiger partial charge in [0.05, 0.1) is 20.1 Å². The largest absolute Gasteiger partial charge is 1.00 e. The molecule has 0 aromatic heterocycles. The van der Waals surface area contributed by atoms with Crippen LogP contribution in [0.3, 0.4) is 0 Å². The highest BCUT2D eigenvalue weighted by atomic mass is 35.5. The maximum Gasteiger partial charge on any atom is 0.279 e. The Morgan fingerprint density at radius 1 is 1.17 bits per heavy atom. The smallest absolute Gasteiger partial charge is 0.279 e. The zero-order valence-electron chi connectivity index (χ0n) is 14.3. The van der Waals surface area contributed by atoms with Crippen molar-refractivity contribution in [3.05, 3.63) is 28.8 Å². The van der Waals surface area contributed by atoms with Gasteiger partial charge in [-0.25, -0.2) is 0 Å². The van der Waals surface area contributed by atoms with Crippen molar-refractivity contribution in [1.82, 2.24) is 0 Å². The van der Waals surface area contributed by atoms with E-state index in [0.29, 0.717) is 11.6 Å². The number of likely N-dealkylation sites (N-methyl/N-ethyl adjacent to an activating group) is 2. The Bertz CT molecular complexity index is 468. The molecule has 0 saturated heterocycles. The fourth-order valence-electron chi connectivity index (χ4n) is 2.32. The van der Waals surface area contributed by atoms with Crippen LogP contribution < -0.4 is 39.9 Å². The first-order chi connectivity index (χ1) is 9.96. The summed E-state index contributed by atoms with van der Waals surface area (Å²) in [4.78, 5) is 14.9. The summed E-state index contributed by atoms with van der Waals surface area (Å²) in [7, 11) is 2.07. The molecule has 0 fully saturated rings. The van der Waals surface area contributed by atoms with Crippen LogP contribution in [0.15, 0.2) is 18.2 Å². The Balaban J connectivity index is 0. The number of quaternary nitrogens is 2. The van der Waals surface area contributed by atoms with Gasteiger partial charge in [-0.2, -0.15) is 0 Å². The number of anilines is 1. The second-order valence-electron chi connectivity index (χ2n) is 5.60. The zero-order valence-corrected chi connectivity index (χ0v) is 16.6. The van der Waals surface area contributed by atoms with Gasteiger partial charge in [0.15, 0.2) is 6.54 Å². The van der Waals surface area contributed by atoms with Crippen molar-refractivity contribution >= 4 is 23.2 Å². The Hall–Kier alpha value is -0.520. The van der Waals surface area contributed by atoms with Crippen LogP contribution >= 0.6 is 11.6 Å². The lowest BCUT2D eigenvalue weighted by Gasteiger charge is -2.19. The van der Waals surface area contributed by atoms with Crippen LogP contribution in [-0.2, 0) is 4.79 Å². The number of carbonyl (C=O) groups excluding carboxylic acids is 1. The lowest BCUT2D eigenvalue weighted by Crippen LogP contribution is -3.19. The number of halogens is 3. The van der Waals surface area contributed by atoms with E-state index in [-0.39, 0.29) is 30.7 Å². The topological polar surface area (TPSA) is 38.0 Å². The van der Waals surface area contributed by atoms with E-state index >= 15 is 0 Å². The third kappa shape index (κ3) is 9.38. The molecule has 0 bridgehead atoms. The maximum atomic E-state index is 12.1. The minimum Gasteiger partial charge on any atom is -1.00 e. The molecule has 1 amide bonds. The Kier molecular flexibility index (Phi) is 13.8. The number of nitrogens with one attached hydrogen (secondary N) is 3. The van der Waals surface area contributed by atoms with E-state index in [1.54, 1.807) is 11.0 Å².